The number of nitrogens with zero attached hydrogens (tertiary/aromatic N) is 1. The van der Waals surface area contributed by atoms with Crippen molar-refractivity contribution in [2.45, 2.75) is 57.0 Å². The second-order valence-electron chi connectivity index (χ2n) is 6.58. The number of nitrogens with two attached hydrogens (primary N) is 1. The molecule has 0 spiro atoms. The van der Waals surface area contributed by atoms with Gasteiger partial charge in [-0.05, 0) is 57.5 Å². The fraction of sp³-hybridized carbons (Fsp3) is 0.647. The molecule has 0 saturated heterocycles. The Morgan fingerprint density at radius 2 is 1.95 bits per heavy atom. The minimum Gasteiger partial charge on any atom is -0.302 e. The molecular weight excluding hydrogens is 282 g/mol. The van der Waals surface area contributed by atoms with Crippen molar-refractivity contribution >= 4 is 11.6 Å². The molecule has 0 bridgehead atoms. The lowest BCUT2D eigenvalue weighted by atomic mass is 9.73. The van der Waals surface area contributed by atoms with Crippen molar-refractivity contribution in [2.24, 2.45) is 5.84 Å². The van der Waals surface area contributed by atoms with Gasteiger partial charge in [-0.3, -0.25) is 11.3 Å². The maximum Gasteiger partial charge on any atom is 0.0441 e. The van der Waals surface area contributed by atoms with Crippen LogP contribution in [0.1, 0.15) is 43.2 Å². The number of aryl methyl sites for hydroxylation is 1. The Morgan fingerprint density at radius 1 is 1.29 bits per heavy atom. The third-order valence-corrected chi connectivity index (χ3v) is 5.44. The molecule has 3 nitrogen and oxygen atoms in total. The molecule has 0 heterocycles. The minimum atomic E-state index is 0.126. The molecule has 21 heavy (non-hydrogen) atoms. The molecule has 1 saturated carbocycles. The van der Waals surface area contributed by atoms with Gasteiger partial charge in [0, 0.05) is 16.6 Å². The molecule has 118 valence electrons. The van der Waals surface area contributed by atoms with Gasteiger partial charge in [-0.2, -0.15) is 0 Å². The van der Waals surface area contributed by atoms with E-state index in [-0.39, 0.29) is 11.6 Å². The standard InChI is InChI=1S/C17H28ClN3/c1-13-7-8-14(15(18)11-13)12-16(20-19)17(21(2)3)9-5-4-6-10-17/h7-8,11,16,20H,4-6,9-10,12,19H2,1-3H3. The van der Waals surface area contributed by atoms with Crippen LogP contribution in [0.4, 0.5) is 0 Å². The van der Waals surface area contributed by atoms with Crippen molar-refractivity contribution < 1.29 is 0 Å². The van der Waals surface area contributed by atoms with Gasteiger partial charge in [-0.25, -0.2) is 0 Å². The van der Waals surface area contributed by atoms with Crippen molar-refractivity contribution in [1.29, 1.82) is 0 Å². The first-order chi connectivity index (χ1) is 9.99. The molecule has 1 aliphatic rings. The first-order valence-corrected chi connectivity index (χ1v) is 8.26. The quantitative estimate of drug-likeness (QED) is 0.648. The van der Waals surface area contributed by atoms with E-state index in [4.69, 9.17) is 17.4 Å². The molecule has 1 fully saturated rings. The van der Waals surface area contributed by atoms with Crippen LogP contribution in [0, 0.1) is 6.92 Å². The smallest absolute Gasteiger partial charge is 0.0441 e. The van der Waals surface area contributed by atoms with Crippen molar-refractivity contribution in [3.05, 3.63) is 34.3 Å². The summed E-state index contributed by atoms with van der Waals surface area (Å²) in [7, 11) is 4.35. The molecule has 1 unspecified atom stereocenters. The van der Waals surface area contributed by atoms with Crippen LogP contribution >= 0.6 is 11.6 Å². The highest BCUT2D eigenvalue weighted by molar-refractivity contribution is 6.31. The van der Waals surface area contributed by atoms with Crippen LogP contribution < -0.4 is 11.3 Å². The van der Waals surface area contributed by atoms with E-state index in [1.54, 1.807) is 0 Å². The first-order valence-electron chi connectivity index (χ1n) is 7.88. The molecule has 1 aromatic rings. The van der Waals surface area contributed by atoms with Gasteiger partial charge in [0.15, 0.2) is 0 Å². The maximum absolute atomic E-state index is 6.41. The molecule has 4 heteroatoms. The number of hydrazine groups is 1. The monoisotopic (exact) mass is 309 g/mol. The lowest BCUT2D eigenvalue weighted by Crippen LogP contribution is -2.62. The normalized spacial score (nSPS) is 19.7. The van der Waals surface area contributed by atoms with E-state index >= 15 is 0 Å². The molecule has 1 atom stereocenters. The van der Waals surface area contributed by atoms with Gasteiger partial charge in [0.1, 0.15) is 0 Å². The lowest BCUT2D eigenvalue weighted by molar-refractivity contribution is 0.0569. The van der Waals surface area contributed by atoms with E-state index in [2.05, 4.69) is 43.5 Å². The van der Waals surface area contributed by atoms with Crippen molar-refractivity contribution in [3.63, 3.8) is 0 Å². The van der Waals surface area contributed by atoms with E-state index in [0.717, 1.165) is 11.4 Å². The van der Waals surface area contributed by atoms with Crippen LogP contribution in [-0.2, 0) is 6.42 Å². The molecular formula is C17H28ClN3. The summed E-state index contributed by atoms with van der Waals surface area (Å²) in [6, 6.07) is 6.51. The number of rotatable bonds is 5. The Bertz CT molecular complexity index is 467. The van der Waals surface area contributed by atoms with E-state index in [1.807, 2.05) is 6.07 Å². The first kappa shape index (κ1) is 16.8. The average molecular weight is 310 g/mol. The van der Waals surface area contributed by atoms with Crippen molar-refractivity contribution in [3.8, 4) is 0 Å². The second-order valence-corrected chi connectivity index (χ2v) is 6.98. The highest BCUT2D eigenvalue weighted by atomic mass is 35.5. The SMILES string of the molecule is Cc1ccc(CC(NN)C2(N(C)C)CCCCC2)c(Cl)c1. The summed E-state index contributed by atoms with van der Waals surface area (Å²) < 4.78 is 0. The summed E-state index contributed by atoms with van der Waals surface area (Å²) in [5.41, 5.74) is 5.58. The zero-order valence-corrected chi connectivity index (χ0v) is 14.2. The lowest BCUT2D eigenvalue weighted by Gasteiger charge is -2.48. The van der Waals surface area contributed by atoms with Gasteiger partial charge < -0.3 is 4.90 Å². The van der Waals surface area contributed by atoms with E-state index < -0.39 is 0 Å². The summed E-state index contributed by atoms with van der Waals surface area (Å²) in [5.74, 6) is 5.93. The van der Waals surface area contributed by atoms with Gasteiger partial charge in [-0.1, -0.05) is 43.0 Å². The predicted octanol–water partition coefficient (Wildman–Crippen LogP) is 3.29. The summed E-state index contributed by atoms with van der Waals surface area (Å²) in [6.45, 7) is 2.07. The van der Waals surface area contributed by atoms with Crippen LogP contribution in [0.2, 0.25) is 5.02 Å². The number of benzene rings is 1. The third kappa shape index (κ3) is 3.59. The largest absolute Gasteiger partial charge is 0.302 e. The topological polar surface area (TPSA) is 41.3 Å². The number of nitrogens with one attached hydrogen (secondary N) is 1. The van der Waals surface area contributed by atoms with E-state index in [0.29, 0.717) is 0 Å². The number of halogens is 1. The van der Waals surface area contributed by atoms with Crippen LogP contribution in [0.5, 0.6) is 0 Å². The van der Waals surface area contributed by atoms with Crippen LogP contribution in [-0.4, -0.2) is 30.6 Å². The molecule has 1 aromatic carbocycles. The van der Waals surface area contributed by atoms with E-state index in [9.17, 15) is 0 Å². The van der Waals surface area contributed by atoms with Gasteiger partial charge >= 0.3 is 0 Å². The molecule has 0 radical (unpaired) electrons. The van der Waals surface area contributed by atoms with E-state index in [1.165, 1.54) is 43.2 Å². The highest BCUT2D eigenvalue weighted by Crippen LogP contribution is 2.36. The molecule has 2 rings (SSSR count). The number of hydrogen-bond acceptors (Lipinski definition) is 3. The second kappa shape index (κ2) is 7.10. The Kier molecular flexibility index (Phi) is 5.67. The Labute approximate surface area is 133 Å². The van der Waals surface area contributed by atoms with Crippen LogP contribution in [0.15, 0.2) is 18.2 Å². The molecule has 0 amide bonds. The van der Waals surface area contributed by atoms with Crippen LogP contribution in [0.3, 0.4) is 0 Å². The average Bonchev–Trinajstić information content (AvgIpc) is 2.47. The summed E-state index contributed by atoms with van der Waals surface area (Å²) >= 11 is 6.41. The molecule has 0 aliphatic heterocycles. The van der Waals surface area contributed by atoms with Gasteiger partial charge in [-0.15, -0.1) is 0 Å². The fourth-order valence-corrected chi connectivity index (χ4v) is 4.03. The molecule has 1 aliphatic carbocycles. The Balaban J connectivity index is 2.24. The van der Waals surface area contributed by atoms with Crippen LogP contribution in [0.25, 0.3) is 0 Å². The van der Waals surface area contributed by atoms with Crippen molar-refractivity contribution in [2.75, 3.05) is 14.1 Å². The summed E-state index contributed by atoms with van der Waals surface area (Å²) in [5, 5.41) is 0.847. The van der Waals surface area contributed by atoms with Gasteiger partial charge in [0.2, 0.25) is 0 Å². The number of hydrogen-bond donors (Lipinski definition) is 2. The Hall–Kier alpha value is -0.610. The zero-order valence-electron chi connectivity index (χ0n) is 13.5. The third-order valence-electron chi connectivity index (χ3n) is 5.09. The Morgan fingerprint density at radius 3 is 2.48 bits per heavy atom. The minimum absolute atomic E-state index is 0.126. The predicted molar refractivity (Wildman–Crippen MR) is 90.5 cm³/mol. The maximum atomic E-state index is 6.41. The zero-order chi connectivity index (χ0) is 15.5. The molecule has 3 N–H and O–H groups in total. The highest BCUT2D eigenvalue weighted by Gasteiger charge is 2.41. The van der Waals surface area contributed by atoms with Crippen molar-refractivity contribution in [1.82, 2.24) is 10.3 Å². The summed E-state index contributed by atoms with van der Waals surface area (Å²) in [6.07, 6.45) is 7.14. The van der Waals surface area contributed by atoms with Gasteiger partial charge in [0.25, 0.3) is 0 Å². The number of likely N-dealkylation sites (N-methyl/N-ethyl adjacent to an activating group) is 1. The fourth-order valence-electron chi connectivity index (χ4n) is 3.71. The summed E-state index contributed by atoms with van der Waals surface area (Å²) in [4.78, 5) is 2.36. The van der Waals surface area contributed by atoms with Gasteiger partial charge in [0.05, 0.1) is 0 Å². The molecule has 0 aromatic heterocycles.